The third-order valence-corrected chi connectivity index (χ3v) is 4.86. The van der Waals surface area contributed by atoms with Crippen molar-refractivity contribution in [3.8, 4) is 0 Å². The molecule has 120 valence electrons. The van der Waals surface area contributed by atoms with Crippen molar-refractivity contribution in [2.24, 2.45) is 11.8 Å². The lowest BCUT2D eigenvalue weighted by Crippen LogP contribution is -2.53. The molecule has 6 heteroatoms. The molecule has 0 radical (unpaired) electrons. The van der Waals surface area contributed by atoms with Crippen LogP contribution in [0.5, 0.6) is 0 Å². The molecule has 1 saturated heterocycles. The van der Waals surface area contributed by atoms with E-state index in [1.54, 1.807) is 12.1 Å². The lowest BCUT2D eigenvalue weighted by molar-refractivity contribution is 0.00913. The van der Waals surface area contributed by atoms with Crippen molar-refractivity contribution in [2.75, 3.05) is 13.1 Å². The summed E-state index contributed by atoms with van der Waals surface area (Å²) in [6.07, 6.45) is 3.33. The Hall–Kier alpha value is -1.66. The van der Waals surface area contributed by atoms with E-state index in [1.165, 1.54) is 6.07 Å². The standard InChI is InChI=1S/C16H23N3O3/c20-12-8-11(9-12)15(10-4-6-17-7-5-10)19-16(22)13-2-1-3-14(21)18-13/h1-3,10-12,15,17,20H,4-9H2,(H,18,21)(H,19,22). The minimum Gasteiger partial charge on any atom is -0.393 e. The molecule has 2 aliphatic rings. The minimum atomic E-state index is -0.273. The van der Waals surface area contributed by atoms with Gasteiger partial charge in [0.2, 0.25) is 5.56 Å². The molecule has 22 heavy (non-hydrogen) atoms. The van der Waals surface area contributed by atoms with Crippen molar-refractivity contribution in [1.29, 1.82) is 0 Å². The lowest BCUT2D eigenvalue weighted by Gasteiger charge is -2.43. The fourth-order valence-electron chi connectivity index (χ4n) is 3.56. The summed E-state index contributed by atoms with van der Waals surface area (Å²) >= 11 is 0. The SMILES string of the molecule is O=C(NC(C1CCNCC1)C1CC(O)C1)c1cccc(=O)[nH]1. The van der Waals surface area contributed by atoms with Crippen molar-refractivity contribution < 1.29 is 9.90 Å². The zero-order chi connectivity index (χ0) is 15.5. The summed E-state index contributed by atoms with van der Waals surface area (Å²) < 4.78 is 0. The van der Waals surface area contributed by atoms with Crippen LogP contribution in [0.2, 0.25) is 0 Å². The predicted molar refractivity (Wildman–Crippen MR) is 82.6 cm³/mol. The predicted octanol–water partition coefficient (Wildman–Crippen LogP) is 0.244. The molecular formula is C16H23N3O3. The van der Waals surface area contributed by atoms with E-state index in [1.807, 2.05) is 0 Å². The second kappa shape index (κ2) is 6.62. The molecule has 1 aliphatic heterocycles. The van der Waals surface area contributed by atoms with E-state index in [2.05, 4.69) is 15.6 Å². The Bertz CT molecular complexity index is 574. The highest BCUT2D eigenvalue weighted by Crippen LogP contribution is 2.35. The largest absolute Gasteiger partial charge is 0.393 e. The van der Waals surface area contributed by atoms with Crippen LogP contribution in [0, 0.1) is 11.8 Å². The van der Waals surface area contributed by atoms with Crippen molar-refractivity contribution in [3.63, 3.8) is 0 Å². The molecule has 1 aromatic rings. The van der Waals surface area contributed by atoms with Crippen LogP contribution >= 0.6 is 0 Å². The first-order chi connectivity index (χ1) is 10.6. The summed E-state index contributed by atoms with van der Waals surface area (Å²) in [5.41, 5.74) is 0.0245. The topological polar surface area (TPSA) is 94.2 Å². The molecule has 0 bridgehead atoms. The number of aliphatic hydroxyl groups excluding tert-OH is 1. The number of H-pyrrole nitrogens is 1. The number of aromatic amines is 1. The molecule has 0 spiro atoms. The minimum absolute atomic E-state index is 0.0710. The number of nitrogens with one attached hydrogen (secondary N) is 3. The lowest BCUT2D eigenvalue weighted by atomic mass is 9.71. The molecule has 1 saturated carbocycles. The number of piperidine rings is 1. The van der Waals surface area contributed by atoms with Gasteiger partial charge in [0.1, 0.15) is 5.69 Å². The highest BCUT2D eigenvalue weighted by molar-refractivity contribution is 5.92. The van der Waals surface area contributed by atoms with Crippen molar-refractivity contribution in [3.05, 3.63) is 34.2 Å². The van der Waals surface area contributed by atoms with Crippen LogP contribution in [0.15, 0.2) is 23.0 Å². The van der Waals surface area contributed by atoms with Gasteiger partial charge >= 0.3 is 0 Å². The number of carbonyl (C=O) groups excluding carboxylic acids is 1. The van der Waals surface area contributed by atoms with Gasteiger partial charge in [-0.2, -0.15) is 0 Å². The zero-order valence-electron chi connectivity index (χ0n) is 12.5. The molecular weight excluding hydrogens is 282 g/mol. The van der Waals surface area contributed by atoms with Gasteiger partial charge in [0.05, 0.1) is 6.10 Å². The molecule has 1 aliphatic carbocycles. The molecule has 4 N–H and O–H groups in total. The number of rotatable bonds is 4. The molecule has 2 fully saturated rings. The maximum atomic E-state index is 12.4. The summed E-state index contributed by atoms with van der Waals surface area (Å²) in [4.78, 5) is 26.3. The Morgan fingerprint density at radius 2 is 1.95 bits per heavy atom. The van der Waals surface area contributed by atoms with Gasteiger partial charge in [0.15, 0.2) is 0 Å². The number of pyridine rings is 1. The van der Waals surface area contributed by atoms with Gasteiger partial charge in [-0.05, 0) is 56.7 Å². The zero-order valence-corrected chi connectivity index (χ0v) is 12.5. The number of hydrogen-bond donors (Lipinski definition) is 4. The van der Waals surface area contributed by atoms with Gasteiger partial charge in [-0.25, -0.2) is 0 Å². The van der Waals surface area contributed by atoms with Crippen molar-refractivity contribution in [2.45, 2.75) is 37.8 Å². The number of amides is 1. The Balaban J connectivity index is 1.71. The van der Waals surface area contributed by atoms with Gasteiger partial charge in [0, 0.05) is 12.1 Å². The fraction of sp³-hybridized carbons (Fsp3) is 0.625. The summed E-state index contributed by atoms with van der Waals surface area (Å²) in [6.45, 7) is 1.93. The third kappa shape index (κ3) is 3.39. The van der Waals surface area contributed by atoms with Crippen LogP contribution in [-0.2, 0) is 0 Å². The number of aromatic nitrogens is 1. The Labute approximate surface area is 129 Å². The van der Waals surface area contributed by atoms with E-state index in [9.17, 15) is 14.7 Å². The van der Waals surface area contributed by atoms with E-state index in [0.717, 1.165) is 38.8 Å². The summed E-state index contributed by atoms with van der Waals surface area (Å²) in [6, 6.07) is 4.66. The van der Waals surface area contributed by atoms with Crippen LogP contribution < -0.4 is 16.2 Å². The smallest absolute Gasteiger partial charge is 0.268 e. The summed E-state index contributed by atoms with van der Waals surface area (Å²) in [5.74, 6) is 0.526. The second-order valence-corrected chi connectivity index (χ2v) is 6.40. The second-order valence-electron chi connectivity index (χ2n) is 6.40. The summed E-state index contributed by atoms with van der Waals surface area (Å²) in [5, 5.41) is 16.0. The van der Waals surface area contributed by atoms with Gasteiger partial charge in [-0.3, -0.25) is 9.59 Å². The Morgan fingerprint density at radius 1 is 1.23 bits per heavy atom. The highest BCUT2D eigenvalue weighted by Gasteiger charge is 2.39. The first-order valence-electron chi connectivity index (χ1n) is 8.02. The molecule has 1 unspecified atom stereocenters. The molecule has 6 nitrogen and oxygen atoms in total. The average Bonchev–Trinajstić information content (AvgIpc) is 2.50. The maximum Gasteiger partial charge on any atom is 0.268 e. The van der Waals surface area contributed by atoms with Crippen LogP contribution in [0.25, 0.3) is 0 Å². The summed E-state index contributed by atoms with van der Waals surface area (Å²) in [7, 11) is 0. The van der Waals surface area contributed by atoms with E-state index < -0.39 is 0 Å². The first kappa shape index (κ1) is 15.2. The van der Waals surface area contributed by atoms with Gasteiger partial charge in [-0.1, -0.05) is 6.07 Å². The van der Waals surface area contributed by atoms with Crippen molar-refractivity contribution in [1.82, 2.24) is 15.6 Å². The molecule has 1 amide bonds. The number of carbonyl (C=O) groups is 1. The normalized spacial score (nSPS) is 27.0. The maximum absolute atomic E-state index is 12.4. The molecule has 1 atom stereocenters. The quantitative estimate of drug-likeness (QED) is 0.641. The third-order valence-electron chi connectivity index (χ3n) is 4.86. The van der Waals surface area contributed by atoms with E-state index in [4.69, 9.17) is 0 Å². The van der Waals surface area contributed by atoms with Crippen LogP contribution in [-0.4, -0.2) is 41.2 Å². The average molecular weight is 305 g/mol. The van der Waals surface area contributed by atoms with Crippen LogP contribution in [0.4, 0.5) is 0 Å². The fourth-order valence-corrected chi connectivity index (χ4v) is 3.56. The van der Waals surface area contributed by atoms with Gasteiger partial charge in [0.25, 0.3) is 5.91 Å². The van der Waals surface area contributed by atoms with Crippen LogP contribution in [0.3, 0.4) is 0 Å². The Kier molecular flexibility index (Phi) is 4.59. The first-order valence-corrected chi connectivity index (χ1v) is 8.02. The molecule has 3 rings (SSSR count). The molecule has 2 heterocycles. The molecule has 0 aromatic carbocycles. The van der Waals surface area contributed by atoms with E-state index in [-0.39, 0.29) is 23.6 Å². The molecule has 1 aromatic heterocycles. The monoisotopic (exact) mass is 305 g/mol. The van der Waals surface area contributed by atoms with E-state index in [0.29, 0.717) is 17.5 Å². The van der Waals surface area contributed by atoms with Crippen molar-refractivity contribution >= 4 is 5.91 Å². The van der Waals surface area contributed by atoms with Crippen LogP contribution in [0.1, 0.15) is 36.2 Å². The highest BCUT2D eigenvalue weighted by atomic mass is 16.3. The van der Waals surface area contributed by atoms with E-state index >= 15 is 0 Å². The van der Waals surface area contributed by atoms with Gasteiger partial charge in [-0.15, -0.1) is 0 Å². The van der Waals surface area contributed by atoms with Gasteiger partial charge < -0.3 is 20.7 Å². The number of hydrogen-bond acceptors (Lipinski definition) is 4. The Morgan fingerprint density at radius 3 is 2.59 bits per heavy atom. The number of aliphatic hydroxyl groups is 1.